The summed E-state index contributed by atoms with van der Waals surface area (Å²) in [6.07, 6.45) is 2.36. The molecule has 2 aromatic heterocycles. The summed E-state index contributed by atoms with van der Waals surface area (Å²) in [6.45, 7) is -1.69. The van der Waals surface area contributed by atoms with Gasteiger partial charge in [-0.3, -0.25) is 9.11 Å². The molecule has 0 fully saturated rings. The number of nitrogens with zero attached hydrogens (tertiary/aromatic N) is 9. The Bertz CT molecular complexity index is 2210. The van der Waals surface area contributed by atoms with Gasteiger partial charge in [0.05, 0.1) is 39.6 Å². The van der Waals surface area contributed by atoms with Crippen molar-refractivity contribution in [3.05, 3.63) is 52.8 Å². The molecule has 0 radical (unpaired) electrons. The first-order valence-electron chi connectivity index (χ1n) is 17.2. The van der Waals surface area contributed by atoms with Crippen LogP contribution in [0.25, 0.3) is 12.2 Å². The second-order valence-corrected chi connectivity index (χ2v) is 14.9. The van der Waals surface area contributed by atoms with Gasteiger partial charge in [-0.25, -0.2) is 0 Å². The third kappa shape index (κ3) is 12.8. The Morgan fingerprint density at radius 3 is 1.17 bits per heavy atom. The van der Waals surface area contributed by atoms with E-state index in [1.54, 1.807) is 0 Å². The van der Waals surface area contributed by atoms with Crippen LogP contribution in [0.3, 0.4) is 0 Å². The molecule has 23 nitrogen and oxygen atoms in total. The minimum atomic E-state index is -4.94. The average molecular weight is 872 g/mol. The molecule has 4 aromatic rings. The molecule has 0 bridgehead atoms. The van der Waals surface area contributed by atoms with Gasteiger partial charge in [0.25, 0.3) is 20.2 Å². The van der Waals surface area contributed by atoms with Crippen molar-refractivity contribution in [1.82, 2.24) is 29.9 Å². The standard InChI is InChI=1S/C32H42ClN11O12S2/c33-27-36-28(38-30(37-27)42(7-13-45)8-14-46)34-23-5-3-21(25(19-23)57(51,52)53)1-2-22-4-6-24(20-26(22)58(54,55)56)35-29-39-31(43(9-15-47)10-16-48)41-32(40-29)44(11-17-49)12-18-50/h1-6,19-20,45-50H,7-18H2,(H,51,52,53)(H,54,55,56)(H,34,36,37,38)(H,35,39,40,41). The quantitative estimate of drug-likeness (QED) is 0.0323. The van der Waals surface area contributed by atoms with Crippen molar-refractivity contribution in [2.24, 2.45) is 0 Å². The summed E-state index contributed by atoms with van der Waals surface area (Å²) in [5.74, 6) is -0.305. The molecule has 0 amide bonds. The molecule has 0 aliphatic heterocycles. The van der Waals surface area contributed by atoms with E-state index in [0.29, 0.717) is 0 Å². The Kier molecular flexibility index (Phi) is 16.7. The highest BCUT2D eigenvalue weighted by atomic mass is 35.5. The second-order valence-electron chi connectivity index (χ2n) is 11.8. The van der Waals surface area contributed by atoms with Gasteiger partial charge < -0.3 is 56.0 Å². The molecule has 0 unspecified atom stereocenters. The van der Waals surface area contributed by atoms with Crippen LogP contribution in [-0.4, -0.2) is 165 Å². The molecule has 4 rings (SSSR count). The lowest BCUT2D eigenvalue weighted by molar-refractivity contribution is 0.278. The first-order chi connectivity index (χ1) is 27.6. The predicted molar refractivity (Wildman–Crippen MR) is 212 cm³/mol. The molecule has 2 heterocycles. The summed E-state index contributed by atoms with van der Waals surface area (Å²) in [5, 5.41) is 62.3. The molecule has 10 N–H and O–H groups in total. The fraction of sp³-hybridized carbons (Fsp3) is 0.375. The van der Waals surface area contributed by atoms with Crippen LogP contribution in [0.5, 0.6) is 0 Å². The van der Waals surface area contributed by atoms with Crippen molar-refractivity contribution in [3.63, 3.8) is 0 Å². The van der Waals surface area contributed by atoms with Gasteiger partial charge in [0.15, 0.2) is 0 Å². The topological polar surface area (TPSA) is 341 Å². The predicted octanol–water partition coefficient (Wildman–Crippen LogP) is -0.766. The highest BCUT2D eigenvalue weighted by molar-refractivity contribution is 7.86. The molecule has 0 aliphatic carbocycles. The van der Waals surface area contributed by atoms with Crippen molar-refractivity contribution in [2.45, 2.75) is 9.79 Å². The van der Waals surface area contributed by atoms with Crippen LogP contribution in [0.2, 0.25) is 5.28 Å². The highest BCUT2D eigenvalue weighted by Gasteiger charge is 2.21. The molecule has 0 atom stereocenters. The van der Waals surface area contributed by atoms with Crippen molar-refractivity contribution in [1.29, 1.82) is 0 Å². The molecular weight excluding hydrogens is 830 g/mol. The van der Waals surface area contributed by atoms with E-state index in [-0.39, 0.29) is 136 Å². The van der Waals surface area contributed by atoms with Crippen LogP contribution in [0, 0.1) is 0 Å². The maximum atomic E-state index is 12.6. The van der Waals surface area contributed by atoms with Crippen LogP contribution < -0.4 is 25.3 Å². The highest BCUT2D eigenvalue weighted by Crippen LogP contribution is 2.29. The molecular formula is C32H42ClN11O12S2. The number of aliphatic hydroxyl groups is 6. The van der Waals surface area contributed by atoms with Gasteiger partial charge in [0.2, 0.25) is 35.0 Å². The first-order valence-corrected chi connectivity index (χ1v) is 20.4. The van der Waals surface area contributed by atoms with Crippen molar-refractivity contribution in [3.8, 4) is 0 Å². The lowest BCUT2D eigenvalue weighted by Gasteiger charge is -2.25. The minimum Gasteiger partial charge on any atom is -0.395 e. The van der Waals surface area contributed by atoms with Crippen molar-refractivity contribution < 1.29 is 56.6 Å². The molecule has 58 heavy (non-hydrogen) atoms. The van der Waals surface area contributed by atoms with Crippen LogP contribution >= 0.6 is 11.6 Å². The second kappa shape index (κ2) is 21.2. The number of nitrogens with one attached hydrogen (secondary N) is 2. The van der Waals surface area contributed by atoms with E-state index in [1.807, 2.05) is 0 Å². The number of aromatic nitrogens is 6. The number of rotatable bonds is 23. The fourth-order valence-corrected chi connectivity index (χ4v) is 6.85. The molecule has 0 saturated carbocycles. The number of anilines is 7. The molecule has 26 heteroatoms. The summed E-state index contributed by atoms with van der Waals surface area (Å²) in [6, 6.07) is 7.43. The molecule has 316 valence electrons. The third-order valence-electron chi connectivity index (χ3n) is 7.81. The fourth-order valence-electron chi connectivity index (χ4n) is 5.27. The van der Waals surface area contributed by atoms with Gasteiger partial charge in [-0.2, -0.15) is 46.7 Å². The van der Waals surface area contributed by atoms with Gasteiger partial charge in [-0.1, -0.05) is 24.3 Å². The van der Waals surface area contributed by atoms with Crippen LogP contribution in [0.1, 0.15) is 11.1 Å². The Labute approximate surface area is 337 Å². The average Bonchev–Trinajstić information content (AvgIpc) is 3.16. The van der Waals surface area contributed by atoms with E-state index >= 15 is 0 Å². The normalized spacial score (nSPS) is 11.9. The van der Waals surface area contributed by atoms with Gasteiger partial charge in [-0.05, 0) is 47.0 Å². The lowest BCUT2D eigenvalue weighted by atomic mass is 10.1. The summed E-state index contributed by atoms with van der Waals surface area (Å²) in [4.78, 5) is 28.2. The molecule has 0 aliphatic rings. The van der Waals surface area contributed by atoms with Crippen LogP contribution in [0.4, 0.5) is 41.1 Å². The van der Waals surface area contributed by atoms with Crippen LogP contribution in [0.15, 0.2) is 46.2 Å². The lowest BCUT2D eigenvalue weighted by Crippen LogP contribution is -2.34. The van der Waals surface area contributed by atoms with Gasteiger partial charge in [0.1, 0.15) is 9.79 Å². The zero-order chi connectivity index (χ0) is 42.5. The molecule has 0 spiro atoms. The Morgan fingerprint density at radius 2 is 0.845 bits per heavy atom. The number of aliphatic hydroxyl groups excluding tert-OH is 6. The maximum Gasteiger partial charge on any atom is 0.295 e. The van der Waals surface area contributed by atoms with Crippen molar-refractivity contribution in [2.75, 3.05) is 104 Å². The van der Waals surface area contributed by atoms with Crippen molar-refractivity contribution >= 4 is 85.1 Å². The van der Waals surface area contributed by atoms with Gasteiger partial charge in [0, 0.05) is 50.6 Å². The molecule has 0 saturated heterocycles. The van der Waals surface area contributed by atoms with E-state index in [2.05, 4.69) is 40.5 Å². The third-order valence-corrected chi connectivity index (χ3v) is 9.80. The monoisotopic (exact) mass is 871 g/mol. The first kappa shape index (κ1) is 45.8. The zero-order valence-corrected chi connectivity index (χ0v) is 32.9. The zero-order valence-electron chi connectivity index (χ0n) is 30.5. The maximum absolute atomic E-state index is 12.6. The van der Waals surface area contributed by atoms with Crippen LogP contribution in [-0.2, 0) is 20.2 Å². The van der Waals surface area contributed by atoms with E-state index in [9.17, 15) is 56.6 Å². The summed E-state index contributed by atoms with van der Waals surface area (Å²) >= 11 is 6.06. The Morgan fingerprint density at radius 1 is 0.517 bits per heavy atom. The number of benzene rings is 2. The van der Waals surface area contributed by atoms with E-state index < -0.39 is 30.0 Å². The Hall–Kier alpha value is -4.93. The van der Waals surface area contributed by atoms with Gasteiger partial charge in [-0.15, -0.1) is 0 Å². The number of halogens is 1. The summed E-state index contributed by atoms with van der Waals surface area (Å²) < 4.78 is 70.5. The SMILES string of the molecule is O=S(=O)(O)c1cc(Nc2nc(Cl)nc(N(CCO)CCO)n2)ccc1C=Cc1ccc(Nc2nc(N(CCO)CCO)nc(N(CCO)CCO)n2)cc1S(=O)(=O)O. The van der Waals surface area contributed by atoms with Gasteiger partial charge >= 0.3 is 0 Å². The smallest absolute Gasteiger partial charge is 0.295 e. The Balaban J connectivity index is 1.70. The van der Waals surface area contributed by atoms with E-state index in [4.69, 9.17) is 11.6 Å². The van der Waals surface area contributed by atoms with E-state index in [1.165, 1.54) is 51.1 Å². The van der Waals surface area contributed by atoms with E-state index in [0.717, 1.165) is 12.1 Å². The summed E-state index contributed by atoms with van der Waals surface area (Å²) in [5.41, 5.74) is -0.0884. The largest absolute Gasteiger partial charge is 0.395 e. The number of hydrogen-bond donors (Lipinski definition) is 10. The summed E-state index contributed by atoms with van der Waals surface area (Å²) in [7, 11) is -9.84. The minimum absolute atomic E-state index is 0.00398. The molecule has 2 aromatic carbocycles. The number of hydrogen-bond acceptors (Lipinski definition) is 21.